The molecular weight excluding hydrogens is 214 g/mol. The summed E-state index contributed by atoms with van der Waals surface area (Å²) in [6.07, 6.45) is 4.06. The monoisotopic (exact) mass is 231 g/mol. The van der Waals surface area contributed by atoms with E-state index in [0.29, 0.717) is 11.6 Å². The number of rotatable bonds is 3. The van der Waals surface area contributed by atoms with E-state index in [1.54, 1.807) is 6.20 Å². The van der Waals surface area contributed by atoms with E-state index in [4.69, 9.17) is 10.00 Å². The molecule has 1 fully saturated rings. The number of nitriles is 1. The molecule has 17 heavy (non-hydrogen) atoms. The number of anilines is 1. The molecule has 1 atom stereocenters. The van der Waals surface area contributed by atoms with Gasteiger partial charge in [0.05, 0.1) is 6.61 Å². The van der Waals surface area contributed by atoms with Crippen LogP contribution in [0.2, 0.25) is 0 Å². The Morgan fingerprint density at radius 2 is 2.53 bits per heavy atom. The molecule has 4 heteroatoms. The molecule has 0 N–H and O–H groups in total. The van der Waals surface area contributed by atoms with Crippen LogP contribution in [0.3, 0.4) is 0 Å². The van der Waals surface area contributed by atoms with Gasteiger partial charge in [-0.2, -0.15) is 5.26 Å². The Hall–Kier alpha value is -1.60. The van der Waals surface area contributed by atoms with Crippen molar-refractivity contribution < 1.29 is 4.74 Å². The van der Waals surface area contributed by atoms with Gasteiger partial charge in [0.25, 0.3) is 0 Å². The van der Waals surface area contributed by atoms with E-state index in [0.717, 1.165) is 31.9 Å². The van der Waals surface area contributed by atoms with Crippen molar-refractivity contribution in [3.05, 3.63) is 24.0 Å². The zero-order valence-corrected chi connectivity index (χ0v) is 10.1. The maximum atomic E-state index is 8.81. The van der Waals surface area contributed by atoms with Crippen LogP contribution in [0.25, 0.3) is 0 Å². The van der Waals surface area contributed by atoms with Gasteiger partial charge >= 0.3 is 0 Å². The standard InChI is InChI=1S/C13H17N3O/c1-16(9-11-3-2-6-17-10-11)13-4-5-15-12(7-13)8-14/h4-5,7,11H,2-3,6,9-10H2,1H3. The lowest BCUT2D eigenvalue weighted by molar-refractivity contribution is 0.0576. The molecule has 1 aliphatic rings. The molecule has 0 bridgehead atoms. The van der Waals surface area contributed by atoms with Crippen molar-refractivity contribution in [1.29, 1.82) is 5.26 Å². The maximum Gasteiger partial charge on any atom is 0.142 e. The fraction of sp³-hybridized carbons (Fsp3) is 0.538. The zero-order valence-electron chi connectivity index (χ0n) is 10.1. The molecule has 0 amide bonds. The number of nitrogens with zero attached hydrogens (tertiary/aromatic N) is 3. The number of aromatic nitrogens is 1. The normalized spacial score (nSPS) is 19.6. The predicted octanol–water partition coefficient (Wildman–Crippen LogP) is 1.82. The van der Waals surface area contributed by atoms with Gasteiger partial charge in [-0.1, -0.05) is 0 Å². The molecule has 0 aromatic carbocycles. The van der Waals surface area contributed by atoms with Crippen molar-refractivity contribution in [2.24, 2.45) is 5.92 Å². The van der Waals surface area contributed by atoms with Gasteiger partial charge < -0.3 is 9.64 Å². The predicted molar refractivity (Wildman–Crippen MR) is 65.8 cm³/mol. The summed E-state index contributed by atoms with van der Waals surface area (Å²) in [7, 11) is 2.05. The van der Waals surface area contributed by atoms with Crippen molar-refractivity contribution in [1.82, 2.24) is 4.98 Å². The summed E-state index contributed by atoms with van der Waals surface area (Å²) >= 11 is 0. The molecule has 1 aromatic heterocycles. The zero-order chi connectivity index (χ0) is 12.1. The summed E-state index contributed by atoms with van der Waals surface area (Å²) in [5, 5.41) is 8.81. The van der Waals surface area contributed by atoms with Crippen LogP contribution < -0.4 is 4.90 Å². The summed E-state index contributed by atoms with van der Waals surface area (Å²) in [6.45, 7) is 2.71. The Kier molecular flexibility index (Phi) is 3.94. The number of pyridine rings is 1. The average molecular weight is 231 g/mol. The van der Waals surface area contributed by atoms with E-state index < -0.39 is 0 Å². The Morgan fingerprint density at radius 1 is 1.65 bits per heavy atom. The minimum absolute atomic E-state index is 0.467. The highest BCUT2D eigenvalue weighted by Crippen LogP contribution is 2.19. The van der Waals surface area contributed by atoms with Crippen LogP contribution >= 0.6 is 0 Å². The minimum atomic E-state index is 0.467. The van der Waals surface area contributed by atoms with Gasteiger partial charge in [-0.05, 0) is 30.9 Å². The second-order valence-electron chi connectivity index (χ2n) is 4.47. The molecule has 1 saturated heterocycles. The first-order chi connectivity index (χ1) is 8.29. The molecule has 1 aromatic rings. The molecule has 4 nitrogen and oxygen atoms in total. The maximum absolute atomic E-state index is 8.81. The van der Waals surface area contributed by atoms with Crippen LogP contribution in [0.4, 0.5) is 5.69 Å². The van der Waals surface area contributed by atoms with E-state index >= 15 is 0 Å². The van der Waals surface area contributed by atoms with Crippen LogP contribution in [0, 0.1) is 17.2 Å². The van der Waals surface area contributed by atoms with Crippen LogP contribution in [0.1, 0.15) is 18.5 Å². The second-order valence-corrected chi connectivity index (χ2v) is 4.47. The molecule has 0 radical (unpaired) electrons. The third kappa shape index (κ3) is 3.18. The lowest BCUT2D eigenvalue weighted by atomic mass is 10.0. The minimum Gasteiger partial charge on any atom is -0.381 e. The molecule has 1 aliphatic heterocycles. The molecule has 2 rings (SSSR count). The lowest BCUT2D eigenvalue weighted by Crippen LogP contribution is -2.30. The van der Waals surface area contributed by atoms with Crippen LogP contribution in [-0.4, -0.2) is 31.8 Å². The highest BCUT2D eigenvalue weighted by molar-refractivity contribution is 5.48. The highest BCUT2D eigenvalue weighted by atomic mass is 16.5. The molecule has 1 unspecified atom stereocenters. The number of hydrogen-bond acceptors (Lipinski definition) is 4. The molecule has 2 heterocycles. The Balaban J connectivity index is 1.98. The molecule has 0 saturated carbocycles. The van der Waals surface area contributed by atoms with Gasteiger partial charge in [-0.25, -0.2) is 4.98 Å². The van der Waals surface area contributed by atoms with Crippen LogP contribution in [-0.2, 0) is 4.74 Å². The SMILES string of the molecule is CN(CC1CCCOC1)c1ccnc(C#N)c1. The van der Waals surface area contributed by atoms with Crippen LogP contribution in [0.5, 0.6) is 0 Å². The van der Waals surface area contributed by atoms with E-state index in [-0.39, 0.29) is 0 Å². The third-order valence-electron chi connectivity index (χ3n) is 3.09. The second kappa shape index (κ2) is 5.65. The van der Waals surface area contributed by atoms with Gasteiger partial charge in [-0.3, -0.25) is 0 Å². The first kappa shape index (κ1) is 11.9. The highest BCUT2D eigenvalue weighted by Gasteiger charge is 2.16. The van der Waals surface area contributed by atoms with Gasteiger partial charge in [0.1, 0.15) is 11.8 Å². The summed E-state index contributed by atoms with van der Waals surface area (Å²) in [5.74, 6) is 0.590. The molecule has 0 aliphatic carbocycles. The smallest absolute Gasteiger partial charge is 0.142 e. The van der Waals surface area contributed by atoms with Crippen molar-refractivity contribution in [2.45, 2.75) is 12.8 Å². The fourth-order valence-electron chi connectivity index (χ4n) is 2.16. The number of ether oxygens (including phenoxy) is 1. The lowest BCUT2D eigenvalue weighted by Gasteiger charge is -2.28. The van der Waals surface area contributed by atoms with E-state index in [2.05, 4.69) is 16.0 Å². The Morgan fingerprint density at radius 3 is 3.24 bits per heavy atom. The fourth-order valence-corrected chi connectivity index (χ4v) is 2.16. The van der Waals surface area contributed by atoms with Gasteiger partial charge in [0, 0.05) is 32.1 Å². The van der Waals surface area contributed by atoms with Crippen molar-refractivity contribution in [2.75, 3.05) is 31.7 Å². The van der Waals surface area contributed by atoms with Crippen molar-refractivity contribution in [3.8, 4) is 6.07 Å². The summed E-state index contributed by atoms with van der Waals surface area (Å²) < 4.78 is 5.47. The van der Waals surface area contributed by atoms with E-state index in [1.165, 1.54) is 6.42 Å². The van der Waals surface area contributed by atoms with Gasteiger partial charge in [0.2, 0.25) is 0 Å². The topological polar surface area (TPSA) is 49.1 Å². The third-order valence-corrected chi connectivity index (χ3v) is 3.09. The summed E-state index contributed by atoms with van der Waals surface area (Å²) in [5.41, 5.74) is 1.51. The average Bonchev–Trinajstić information content (AvgIpc) is 2.40. The molecular formula is C13H17N3O. The summed E-state index contributed by atoms with van der Waals surface area (Å²) in [6, 6.07) is 5.82. The van der Waals surface area contributed by atoms with Crippen molar-refractivity contribution >= 4 is 5.69 Å². The Bertz CT molecular complexity index is 407. The van der Waals surface area contributed by atoms with E-state index in [9.17, 15) is 0 Å². The molecule has 0 spiro atoms. The van der Waals surface area contributed by atoms with Crippen LogP contribution in [0.15, 0.2) is 18.3 Å². The van der Waals surface area contributed by atoms with Gasteiger partial charge in [-0.15, -0.1) is 0 Å². The first-order valence-electron chi connectivity index (χ1n) is 5.94. The van der Waals surface area contributed by atoms with Gasteiger partial charge in [0.15, 0.2) is 0 Å². The molecule has 90 valence electrons. The Labute approximate surface area is 102 Å². The largest absolute Gasteiger partial charge is 0.381 e. The summed E-state index contributed by atoms with van der Waals surface area (Å²) in [4.78, 5) is 6.14. The van der Waals surface area contributed by atoms with Crippen molar-refractivity contribution in [3.63, 3.8) is 0 Å². The quantitative estimate of drug-likeness (QED) is 0.796. The number of hydrogen-bond donors (Lipinski definition) is 0. The first-order valence-corrected chi connectivity index (χ1v) is 5.94. The van der Waals surface area contributed by atoms with E-state index in [1.807, 2.05) is 19.2 Å².